The molecule has 0 unspecified atom stereocenters. The summed E-state index contributed by atoms with van der Waals surface area (Å²) in [6, 6.07) is 1.62. The molecular formula is C11H15N5O2S. The summed E-state index contributed by atoms with van der Waals surface area (Å²) in [6.07, 6.45) is 7.92. The molecule has 7 nitrogen and oxygen atoms in total. The third kappa shape index (κ3) is 3.30. The van der Waals surface area contributed by atoms with Crippen molar-refractivity contribution in [3.8, 4) is 0 Å². The SMILES string of the molecule is CNc1ccncc1S(=O)(=O)NCCn1ccnc1. The van der Waals surface area contributed by atoms with Crippen LogP contribution in [0, 0.1) is 0 Å². The molecule has 0 aliphatic carbocycles. The van der Waals surface area contributed by atoms with Crippen LogP contribution in [0.1, 0.15) is 0 Å². The molecule has 2 aromatic rings. The van der Waals surface area contributed by atoms with Gasteiger partial charge in [-0.25, -0.2) is 18.1 Å². The molecule has 0 amide bonds. The van der Waals surface area contributed by atoms with E-state index in [1.807, 2.05) is 0 Å². The van der Waals surface area contributed by atoms with Gasteiger partial charge in [0.2, 0.25) is 10.0 Å². The van der Waals surface area contributed by atoms with Gasteiger partial charge in [0.1, 0.15) is 4.90 Å². The van der Waals surface area contributed by atoms with Crippen LogP contribution in [0.15, 0.2) is 42.1 Å². The zero-order chi connectivity index (χ0) is 13.7. The Balaban J connectivity index is 2.05. The van der Waals surface area contributed by atoms with Crippen molar-refractivity contribution in [1.29, 1.82) is 0 Å². The van der Waals surface area contributed by atoms with E-state index in [1.54, 1.807) is 36.4 Å². The van der Waals surface area contributed by atoms with E-state index < -0.39 is 10.0 Å². The molecule has 0 saturated carbocycles. The number of hydrogen-bond acceptors (Lipinski definition) is 5. The molecule has 102 valence electrons. The van der Waals surface area contributed by atoms with Gasteiger partial charge in [0.25, 0.3) is 0 Å². The van der Waals surface area contributed by atoms with Gasteiger partial charge in [-0.3, -0.25) is 4.98 Å². The van der Waals surface area contributed by atoms with Crippen LogP contribution in [-0.4, -0.2) is 36.5 Å². The zero-order valence-corrected chi connectivity index (χ0v) is 11.3. The first-order chi connectivity index (χ1) is 9.13. The van der Waals surface area contributed by atoms with Crippen LogP contribution < -0.4 is 10.0 Å². The summed E-state index contributed by atoms with van der Waals surface area (Å²) in [7, 11) is -1.90. The molecule has 19 heavy (non-hydrogen) atoms. The summed E-state index contributed by atoms with van der Waals surface area (Å²) < 4.78 is 28.6. The van der Waals surface area contributed by atoms with Crippen LogP contribution in [0.5, 0.6) is 0 Å². The average molecular weight is 281 g/mol. The summed E-state index contributed by atoms with van der Waals surface area (Å²) in [5.41, 5.74) is 0.519. The normalized spacial score (nSPS) is 11.4. The summed E-state index contributed by atoms with van der Waals surface area (Å²) in [5.74, 6) is 0. The van der Waals surface area contributed by atoms with Crippen LogP contribution in [-0.2, 0) is 16.6 Å². The van der Waals surface area contributed by atoms with Gasteiger partial charge >= 0.3 is 0 Å². The number of imidazole rings is 1. The van der Waals surface area contributed by atoms with Gasteiger partial charge in [-0.2, -0.15) is 0 Å². The molecule has 0 aliphatic heterocycles. The summed E-state index contributed by atoms with van der Waals surface area (Å²) in [4.78, 5) is 7.87. The summed E-state index contributed by atoms with van der Waals surface area (Å²) in [6.45, 7) is 0.811. The van der Waals surface area contributed by atoms with E-state index in [9.17, 15) is 8.42 Å². The lowest BCUT2D eigenvalue weighted by molar-refractivity contribution is 0.572. The quantitative estimate of drug-likeness (QED) is 0.795. The number of nitrogens with zero attached hydrogens (tertiary/aromatic N) is 3. The fourth-order valence-corrected chi connectivity index (χ4v) is 2.78. The highest BCUT2D eigenvalue weighted by Gasteiger charge is 2.17. The minimum Gasteiger partial charge on any atom is -0.387 e. The van der Waals surface area contributed by atoms with Gasteiger partial charge in [0.15, 0.2) is 0 Å². The molecule has 0 atom stereocenters. The topological polar surface area (TPSA) is 88.9 Å². The van der Waals surface area contributed by atoms with E-state index >= 15 is 0 Å². The van der Waals surface area contributed by atoms with E-state index in [1.165, 1.54) is 12.4 Å². The van der Waals surface area contributed by atoms with Crippen LogP contribution >= 0.6 is 0 Å². The Bertz CT molecular complexity index is 624. The van der Waals surface area contributed by atoms with Crippen LogP contribution in [0.2, 0.25) is 0 Å². The Hall–Kier alpha value is -1.93. The predicted octanol–water partition coefficient (Wildman–Crippen LogP) is 0.298. The first-order valence-corrected chi connectivity index (χ1v) is 7.19. The predicted molar refractivity (Wildman–Crippen MR) is 71.2 cm³/mol. The molecular weight excluding hydrogens is 266 g/mol. The molecule has 2 heterocycles. The Labute approximate surface area is 111 Å². The van der Waals surface area contributed by atoms with Crippen molar-refractivity contribution in [2.45, 2.75) is 11.4 Å². The van der Waals surface area contributed by atoms with Gasteiger partial charge < -0.3 is 9.88 Å². The molecule has 8 heteroatoms. The van der Waals surface area contributed by atoms with Crippen molar-refractivity contribution in [2.75, 3.05) is 18.9 Å². The Kier molecular flexibility index (Phi) is 4.13. The lowest BCUT2D eigenvalue weighted by Gasteiger charge is -2.10. The lowest BCUT2D eigenvalue weighted by atomic mass is 10.4. The Morgan fingerprint density at radius 2 is 2.16 bits per heavy atom. The maximum absolute atomic E-state index is 12.1. The van der Waals surface area contributed by atoms with Crippen LogP contribution in [0.25, 0.3) is 0 Å². The number of hydrogen-bond donors (Lipinski definition) is 2. The molecule has 0 fully saturated rings. The number of anilines is 1. The van der Waals surface area contributed by atoms with Crippen molar-refractivity contribution >= 4 is 15.7 Å². The minimum atomic E-state index is -3.56. The molecule has 0 bridgehead atoms. The van der Waals surface area contributed by atoms with Gasteiger partial charge in [0, 0.05) is 44.9 Å². The Morgan fingerprint density at radius 1 is 1.32 bits per heavy atom. The van der Waals surface area contributed by atoms with E-state index in [4.69, 9.17) is 0 Å². The molecule has 2 rings (SSSR count). The molecule has 0 aromatic carbocycles. The second-order valence-electron chi connectivity index (χ2n) is 3.82. The van der Waals surface area contributed by atoms with Gasteiger partial charge in [0.05, 0.1) is 12.0 Å². The van der Waals surface area contributed by atoms with Gasteiger partial charge in [-0.1, -0.05) is 0 Å². The number of aromatic nitrogens is 3. The second-order valence-corrected chi connectivity index (χ2v) is 5.56. The fraction of sp³-hybridized carbons (Fsp3) is 0.273. The molecule has 0 radical (unpaired) electrons. The molecule has 2 aromatic heterocycles. The third-order valence-electron chi connectivity index (χ3n) is 2.56. The molecule has 2 N–H and O–H groups in total. The number of pyridine rings is 1. The van der Waals surface area contributed by atoms with Gasteiger partial charge in [-0.15, -0.1) is 0 Å². The highest BCUT2D eigenvalue weighted by Crippen LogP contribution is 2.18. The maximum Gasteiger partial charge on any atom is 0.244 e. The van der Waals surface area contributed by atoms with Crippen molar-refractivity contribution in [3.05, 3.63) is 37.2 Å². The van der Waals surface area contributed by atoms with E-state index in [0.717, 1.165) is 0 Å². The summed E-state index contributed by atoms with van der Waals surface area (Å²) in [5, 5.41) is 2.83. The molecule has 0 saturated heterocycles. The van der Waals surface area contributed by atoms with Gasteiger partial charge in [-0.05, 0) is 6.07 Å². The second kappa shape index (κ2) is 5.81. The largest absolute Gasteiger partial charge is 0.387 e. The molecule has 0 aliphatic rings. The van der Waals surface area contributed by atoms with Crippen molar-refractivity contribution in [1.82, 2.24) is 19.3 Å². The third-order valence-corrected chi connectivity index (χ3v) is 4.05. The minimum absolute atomic E-state index is 0.142. The van der Waals surface area contributed by atoms with E-state index in [0.29, 0.717) is 12.2 Å². The monoisotopic (exact) mass is 281 g/mol. The van der Waals surface area contributed by atoms with Crippen molar-refractivity contribution < 1.29 is 8.42 Å². The average Bonchev–Trinajstić information content (AvgIpc) is 2.91. The van der Waals surface area contributed by atoms with Crippen LogP contribution in [0.3, 0.4) is 0 Å². The summed E-state index contributed by atoms with van der Waals surface area (Å²) >= 11 is 0. The van der Waals surface area contributed by atoms with Crippen molar-refractivity contribution in [3.63, 3.8) is 0 Å². The maximum atomic E-state index is 12.1. The smallest absolute Gasteiger partial charge is 0.244 e. The highest BCUT2D eigenvalue weighted by atomic mass is 32.2. The first-order valence-electron chi connectivity index (χ1n) is 5.70. The first kappa shape index (κ1) is 13.5. The zero-order valence-electron chi connectivity index (χ0n) is 10.4. The standard InChI is InChI=1S/C11H15N5O2S/c1-12-10-2-3-13-8-11(10)19(17,18)15-5-7-16-6-4-14-9-16/h2-4,6,8-9,15H,5,7H2,1H3,(H,12,13). The van der Waals surface area contributed by atoms with Crippen molar-refractivity contribution in [2.24, 2.45) is 0 Å². The Morgan fingerprint density at radius 3 is 2.84 bits per heavy atom. The van der Waals surface area contributed by atoms with Crippen LogP contribution in [0.4, 0.5) is 5.69 Å². The van der Waals surface area contributed by atoms with E-state index in [-0.39, 0.29) is 11.4 Å². The van der Waals surface area contributed by atoms with E-state index in [2.05, 4.69) is 20.0 Å². The molecule has 0 spiro atoms. The number of nitrogens with one attached hydrogen (secondary N) is 2. The fourth-order valence-electron chi connectivity index (χ4n) is 1.61. The lowest BCUT2D eigenvalue weighted by Crippen LogP contribution is -2.28. The number of rotatable bonds is 6. The highest BCUT2D eigenvalue weighted by molar-refractivity contribution is 7.89. The number of sulfonamides is 1.